The van der Waals surface area contributed by atoms with Gasteiger partial charge < -0.3 is 15.3 Å². The summed E-state index contributed by atoms with van der Waals surface area (Å²) in [6.07, 6.45) is 0.925. The molecule has 0 aromatic carbocycles. The molecule has 1 unspecified atom stereocenters. The molecule has 1 atom stereocenters. The van der Waals surface area contributed by atoms with E-state index in [1.807, 2.05) is 0 Å². The molecule has 0 aromatic heterocycles. The Kier molecular flexibility index (Phi) is 6.53. The van der Waals surface area contributed by atoms with Crippen LogP contribution in [0.25, 0.3) is 0 Å². The maximum Gasteiger partial charge on any atom is 0.317 e. The summed E-state index contributed by atoms with van der Waals surface area (Å²) in [5.74, 6) is -0.883. The first-order chi connectivity index (χ1) is 7.34. The SMILES string of the molecule is CC(C)CCNC(=O)N(C)CC(C)C(=O)O. The third kappa shape index (κ3) is 6.27. The summed E-state index contributed by atoms with van der Waals surface area (Å²) in [6, 6.07) is -0.214. The molecule has 0 saturated heterocycles. The molecule has 16 heavy (non-hydrogen) atoms. The highest BCUT2D eigenvalue weighted by Crippen LogP contribution is 2.00. The van der Waals surface area contributed by atoms with E-state index in [4.69, 9.17) is 5.11 Å². The first-order valence-corrected chi connectivity index (χ1v) is 5.56. The quantitative estimate of drug-likeness (QED) is 0.724. The van der Waals surface area contributed by atoms with Gasteiger partial charge in [-0.3, -0.25) is 4.79 Å². The Bertz CT molecular complexity index is 241. The number of nitrogens with zero attached hydrogens (tertiary/aromatic N) is 1. The van der Waals surface area contributed by atoms with Gasteiger partial charge in [0.05, 0.1) is 5.92 Å². The molecule has 2 N–H and O–H groups in total. The molecule has 0 spiro atoms. The van der Waals surface area contributed by atoms with Gasteiger partial charge in [0.1, 0.15) is 0 Å². The van der Waals surface area contributed by atoms with Gasteiger partial charge in [-0.05, 0) is 12.3 Å². The number of hydrogen-bond acceptors (Lipinski definition) is 2. The second-order valence-corrected chi connectivity index (χ2v) is 4.53. The van der Waals surface area contributed by atoms with Crippen molar-refractivity contribution in [2.45, 2.75) is 27.2 Å². The van der Waals surface area contributed by atoms with Crippen molar-refractivity contribution in [1.82, 2.24) is 10.2 Å². The van der Waals surface area contributed by atoms with Crippen LogP contribution in [0.2, 0.25) is 0 Å². The molecular formula is C11H22N2O3. The summed E-state index contributed by atoms with van der Waals surface area (Å²) in [7, 11) is 1.60. The maximum atomic E-state index is 11.5. The molecule has 0 aliphatic rings. The van der Waals surface area contributed by atoms with E-state index < -0.39 is 11.9 Å². The predicted octanol–water partition coefficient (Wildman–Crippen LogP) is 1.39. The molecule has 0 bridgehead atoms. The van der Waals surface area contributed by atoms with Crippen molar-refractivity contribution in [3.05, 3.63) is 0 Å². The van der Waals surface area contributed by atoms with Gasteiger partial charge in [0.2, 0.25) is 0 Å². The smallest absolute Gasteiger partial charge is 0.317 e. The van der Waals surface area contributed by atoms with E-state index in [9.17, 15) is 9.59 Å². The summed E-state index contributed by atoms with van der Waals surface area (Å²) in [6.45, 7) is 6.61. The summed E-state index contributed by atoms with van der Waals surface area (Å²) in [5.41, 5.74) is 0. The predicted molar refractivity (Wildman–Crippen MR) is 62.3 cm³/mol. The van der Waals surface area contributed by atoms with Crippen molar-refractivity contribution in [3.8, 4) is 0 Å². The Morgan fingerprint density at radius 3 is 2.31 bits per heavy atom. The fourth-order valence-corrected chi connectivity index (χ4v) is 1.17. The van der Waals surface area contributed by atoms with Crippen LogP contribution >= 0.6 is 0 Å². The second-order valence-electron chi connectivity index (χ2n) is 4.53. The summed E-state index contributed by atoms with van der Waals surface area (Å²) < 4.78 is 0. The average molecular weight is 230 g/mol. The lowest BCUT2D eigenvalue weighted by molar-refractivity contribution is -0.141. The zero-order chi connectivity index (χ0) is 12.7. The van der Waals surface area contributed by atoms with E-state index in [-0.39, 0.29) is 12.6 Å². The molecule has 0 heterocycles. The fourth-order valence-electron chi connectivity index (χ4n) is 1.17. The number of urea groups is 1. The Labute approximate surface area is 96.8 Å². The Morgan fingerprint density at radius 2 is 1.88 bits per heavy atom. The standard InChI is InChI=1S/C11H22N2O3/c1-8(2)5-6-12-11(16)13(4)7-9(3)10(14)15/h8-9H,5-7H2,1-4H3,(H,12,16)(H,14,15). The lowest BCUT2D eigenvalue weighted by atomic mass is 10.1. The summed E-state index contributed by atoms with van der Waals surface area (Å²) >= 11 is 0. The van der Waals surface area contributed by atoms with Crippen LogP contribution in [-0.4, -0.2) is 42.1 Å². The van der Waals surface area contributed by atoms with Gasteiger partial charge in [-0.2, -0.15) is 0 Å². The van der Waals surface area contributed by atoms with Gasteiger partial charge in [0.15, 0.2) is 0 Å². The molecule has 5 heteroatoms. The highest BCUT2D eigenvalue weighted by Gasteiger charge is 2.16. The van der Waals surface area contributed by atoms with Crippen LogP contribution in [0.5, 0.6) is 0 Å². The average Bonchev–Trinajstić information content (AvgIpc) is 2.16. The molecule has 2 amide bonds. The van der Waals surface area contributed by atoms with E-state index in [1.165, 1.54) is 4.90 Å². The number of carboxylic acids is 1. The van der Waals surface area contributed by atoms with Crippen LogP contribution in [0.3, 0.4) is 0 Å². The normalized spacial score (nSPS) is 12.3. The van der Waals surface area contributed by atoms with Crippen molar-refractivity contribution >= 4 is 12.0 Å². The molecule has 0 rings (SSSR count). The van der Waals surface area contributed by atoms with E-state index in [0.29, 0.717) is 12.5 Å². The molecule has 0 saturated carbocycles. The number of carbonyl (C=O) groups is 2. The summed E-state index contributed by atoms with van der Waals surface area (Å²) in [5, 5.41) is 11.5. The van der Waals surface area contributed by atoms with Crippen LogP contribution in [0, 0.1) is 11.8 Å². The molecule has 94 valence electrons. The molecule has 0 aliphatic heterocycles. The second kappa shape index (κ2) is 7.09. The van der Waals surface area contributed by atoms with Crippen LogP contribution in [-0.2, 0) is 4.79 Å². The van der Waals surface area contributed by atoms with Gasteiger partial charge in [-0.25, -0.2) is 4.79 Å². The minimum absolute atomic E-state index is 0.214. The van der Waals surface area contributed by atoms with Crippen molar-refractivity contribution in [3.63, 3.8) is 0 Å². The third-order valence-electron chi connectivity index (χ3n) is 2.31. The van der Waals surface area contributed by atoms with E-state index in [1.54, 1.807) is 14.0 Å². The minimum Gasteiger partial charge on any atom is -0.481 e. The number of carboxylic acid groups (broad SMARTS) is 1. The minimum atomic E-state index is -0.887. The maximum absolute atomic E-state index is 11.5. The number of carbonyl (C=O) groups excluding carboxylic acids is 1. The number of rotatable bonds is 6. The van der Waals surface area contributed by atoms with Crippen LogP contribution in [0.1, 0.15) is 27.2 Å². The molecule has 0 fully saturated rings. The fraction of sp³-hybridized carbons (Fsp3) is 0.818. The van der Waals surface area contributed by atoms with Crippen molar-refractivity contribution in [1.29, 1.82) is 0 Å². The van der Waals surface area contributed by atoms with Gasteiger partial charge in [-0.15, -0.1) is 0 Å². The van der Waals surface area contributed by atoms with Gasteiger partial charge in [0.25, 0.3) is 0 Å². The van der Waals surface area contributed by atoms with Crippen LogP contribution in [0.15, 0.2) is 0 Å². The van der Waals surface area contributed by atoms with Crippen LogP contribution < -0.4 is 5.32 Å². The van der Waals surface area contributed by atoms with Crippen molar-refractivity contribution in [2.75, 3.05) is 20.1 Å². The highest BCUT2D eigenvalue weighted by atomic mass is 16.4. The van der Waals surface area contributed by atoms with E-state index in [0.717, 1.165) is 6.42 Å². The van der Waals surface area contributed by atoms with Crippen molar-refractivity contribution in [2.24, 2.45) is 11.8 Å². The van der Waals surface area contributed by atoms with Gasteiger partial charge in [0, 0.05) is 20.1 Å². The van der Waals surface area contributed by atoms with Crippen molar-refractivity contribution < 1.29 is 14.7 Å². The zero-order valence-electron chi connectivity index (χ0n) is 10.5. The van der Waals surface area contributed by atoms with E-state index >= 15 is 0 Å². The topological polar surface area (TPSA) is 69.6 Å². The molecule has 5 nitrogen and oxygen atoms in total. The Balaban J connectivity index is 3.86. The highest BCUT2D eigenvalue weighted by molar-refractivity contribution is 5.75. The number of aliphatic carboxylic acids is 1. The van der Waals surface area contributed by atoms with E-state index in [2.05, 4.69) is 19.2 Å². The largest absolute Gasteiger partial charge is 0.481 e. The molecular weight excluding hydrogens is 208 g/mol. The summed E-state index contributed by atoms with van der Waals surface area (Å²) in [4.78, 5) is 23.5. The lowest BCUT2D eigenvalue weighted by Gasteiger charge is -2.20. The van der Waals surface area contributed by atoms with Gasteiger partial charge >= 0.3 is 12.0 Å². The van der Waals surface area contributed by atoms with Gasteiger partial charge in [-0.1, -0.05) is 20.8 Å². The number of hydrogen-bond donors (Lipinski definition) is 2. The third-order valence-corrected chi connectivity index (χ3v) is 2.31. The molecule has 0 radical (unpaired) electrons. The Morgan fingerprint density at radius 1 is 1.31 bits per heavy atom. The zero-order valence-corrected chi connectivity index (χ0v) is 10.5. The monoisotopic (exact) mass is 230 g/mol. The number of nitrogens with one attached hydrogen (secondary N) is 1. The number of amides is 2. The molecule has 0 aliphatic carbocycles. The van der Waals surface area contributed by atoms with Crippen LogP contribution in [0.4, 0.5) is 4.79 Å². The first-order valence-electron chi connectivity index (χ1n) is 5.56. The molecule has 0 aromatic rings. The first kappa shape index (κ1) is 14.7. The lowest BCUT2D eigenvalue weighted by Crippen LogP contribution is -2.41. The Hall–Kier alpha value is -1.26.